The number of likely N-dealkylation sites (N-methyl/N-ethyl adjacent to an activating group) is 1. The van der Waals surface area contributed by atoms with E-state index in [4.69, 9.17) is 0 Å². The minimum atomic E-state index is -0.279. The number of para-hydroxylation sites is 1. The number of hydrogen-bond donors (Lipinski definition) is 2. The van der Waals surface area contributed by atoms with Gasteiger partial charge in [0.2, 0.25) is 5.91 Å². The van der Waals surface area contributed by atoms with Gasteiger partial charge in [0, 0.05) is 6.04 Å². The van der Waals surface area contributed by atoms with Crippen molar-refractivity contribution in [3.8, 4) is 0 Å². The largest absolute Gasteiger partial charge is 0.352 e. The first-order valence-corrected chi connectivity index (χ1v) is 9.03. The minimum Gasteiger partial charge on any atom is -0.352 e. The molecule has 1 aromatic heterocycles. The van der Waals surface area contributed by atoms with E-state index < -0.39 is 0 Å². The Morgan fingerprint density at radius 1 is 1.32 bits per heavy atom. The summed E-state index contributed by atoms with van der Waals surface area (Å²) in [6.07, 6.45) is 5.79. The molecule has 0 radical (unpaired) electrons. The van der Waals surface area contributed by atoms with E-state index >= 15 is 0 Å². The summed E-state index contributed by atoms with van der Waals surface area (Å²) in [7, 11) is 1.88. The number of fused-ring (bicyclic) bond motifs is 1. The number of nitrogens with one attached hydrogen (secondary N) is 2. The molecule has 134 valence electrons. The Hall–Kier alpha value is -2.21. The van der Waals surface area contributed by atoms with Crippen molar-refractivity contribution < 1.29 is 4.79 Å². The molecule has 1 amide bonds. The maximum absolute atomic E-state index is 12.5. The zero-order chi connectivity index (χ0) is 17.8. The molecule has 1 saturated carbocycles. The van der Waals surface area contributed by atoms with Crippen molar-refractivity contribution in [2.45, 2.75) is 57.7 Å². The van der Waals surface area contributed by atoms with Crippen LogP contribution in [0, 0.1) is 0 Å². The highest BCUT2D eigenvalue weighted by Crippen LogP contribution is 2.17. The first kappa shape index (κ1) is 17.6. The molecule has 6 heteroatoms. The van der Waals surface area contributed by atoms with Gasteiger partial charge in [-0.3, -0.25) is 14.5 Å². The fourth-order valence-corrected chi connectivity index (χ4v) is 3.35. The van der Waals surface area contributed by atoms with E-state index in [0.29, 0.717) is 29.3 Å². The van der Waals surface area contributed by atoms with Crippen molar-refractivity contribution in [1.29, 1.82) is 0 Å². The SMILES string of the molecule is C[C@H](C(=O)NC1CCCCC1)N(C)Cc1nc2ccccc2c(=O)[nH]1. The molecule has 1 aliphatic rings. The summed E-state index contributed by atoms with van der Waals surface area (Å²) in [5.41, 5.74) is 0.530. The molecule has 1 atom stereocenters. The van der Waals surface area contributed by atoms with Crippen LogP contribution in [0.4, 0.5) is 0 Å². The van der Waals surface area contributed by atoms with Crippen LogP contribution in [-0.2, 0) is 11.3 Å². The smallest absolute Gasteiger partial charge is 0.258 e. The second-order valence-electron chi connectivity index (χ2n) is 6.96. The number of carbonyl (C=O) groups excluding carboxylic acids is 1. The average molecular weight is 342 g/mol. The van der Waals surface area contributed by atoms with E-state index in [1.807, 2.05) is 37.1 Å². The summed E-state index contributed by atoms with van der Waals surface area (Å²) in [5.74, 6) is 0.612. The average Bonchev–Trinajstić information content (AvgIpc) is 2.62. The van der Waals surface area contributed by atoms with Crippen molar-refractivity contribution >= 4 is 16.8 Å². The Bertz CT molecular complexity index is 795. The molecular formula is C19H26N4O2. The van der Waals surface area contributed by atoms with Crippen molar-refractivity contribution in [1.82, 2.24) is 20.2 Å². The fraction of sp³-hybridized carbons (Fsp3) is 0.526. The Kier molecular flexibility index (Phi) is 5.48. The van der Waals surface area contributed by atoms with Crippen LogP contribution in [0.3, 0.4) is 0 Å². The summed E-state index contributed by atoms with van der Waals surface area (Å²) >= 11 is 0. The molecule has 0 unspecified atom stereocenters. The molecule has 1 aliphatic carbocycles. The van der Waals surface area contributed by atoms with Gasteiger partial charge in [0.1, 0.15) is 5.82 Å². The summed E-state index contributed by atoms with van der Waals surface area (Å²) in [6.45, 7) is 2.30. The van der Waals surface area contributed by atoms with Crippen LogP contribution in [0.25, 0.3) is 10.9 Å². The Morgan fingerprint density at radius 2 is 2.04 bits per heavy atom. The van der Waals surface area contributed by atoms with Gasteiger partial charge in [0.25, 0.3) is 5.56 Å². The van der Waals surface area contributed by atoms with E-state index in [1.54, 1.807) is 6.07 Å². The third-order valence-corrected chi connectivity index (χ3v) is 5.05. The first-order chi connectivity index (χ1) is 12.0. The number of H-pyrrole nitrogens is 1. The minimum absolute atomic E-state index is 0.0394. The number of benzene rings is 1. The molecule has 1 fully saturated rings. The van der Waals surface area contributed by atoms with Crippen LogP contribution in [0.1, 0.15) is 44.9 Å². The second-order valence-corrected chi connectivity index (χ2v) is 6.96. The standard InChI is InChI=1S/C19H26N4O2/c1-13(18(24)20-14-8-4-3-5-9-14)23(2)12-17-21-16-11-7-6-10-15(16)19(25)22-17/h6-7,10-11,13-14H,3-5,8-9,12H2,1-2H3,(H,20,24)(H,21,22,25)/t13-/m1/s1. The molecule has 6 nitrogen and oxygen atoms in total. The van der Waals surface area contributed by atoms with Crippen molar-refractivity contribution in [3.05, 3.63) is 40.4 Å². The summed E-state index contributed by atoms with van der Waals surface area (Å²) in [6, 6.07) is 7.29. The van der Waals surface area contributed by atoms with E-state index in [2.05, 4.69) is 15.3 Å². The number of carbonyl (C=O) groups is 1. The van der Waals surface area contributed by atoms with Crippen LogP contribution < -0.4 is 10.9 Å². The van der Waals surface area contributed by atoms with Gasteiger partial charge in [-0.05, 0) is 38.9 Å². The van der Waals surface area contributed by atoms with Gasteiger partial charge in [-0.1, -0.05) is 31.4 Å². The molecule has 1 aromatic carbocycles. The quantitative estimate of drug-likeness (QED) is 0.873. The molecular weight excluding hydrogens is 316 g/mol. The number of hydrogen-bond acceptors (Lipinski definition) is 4. The highest BCUT2D eigenvalue weighted by atomic mass is 16.2. The molecule has 25 heavy (non-hydrogen) atoms. The van der Waals surface area contributed by atoms with Crippen LogP contribution in [-0.4, -0.2) is 39.9 Å². The monoisotopic (exact) mass is 342 g/mol. The molecule has 0 spiro atoms. The lowest BCUT2D eigenvalue weighted by molar-refractivity contribution is -0.126. The highest BCUT2D eigenvalue weighted by molar-refractivity contribution is 5.81. The zero-order valence-electron chi connectivity index (χ0n) is 14.9. The van der Waals surface area contributed by atoms with Crippen LogP contribution in [0.2, 0.25) is 0 Å². The predicted octanol–water partition coefficient (Wildman–Crippen LogP) is 2.19. The topological polar surface area (TPSA) is 78.1 Å². The Morgan fingerprint density at radius 3 is 2.80 bits per heavy atom. The lowest BCUT2D eigenvalue weighted by atomic mass is 9.95. The van der Waals surface area contributed by atoms with Gasteiger partial charge in [-0.15, -0.1) is 0 Å². The first-order valence-electron chi connectivity index (χ1n) is 9.03. The van der Waals surface area contributed by atoms with Gasteiger partial charge in [0.15, 0.2) is 0 Å². The second kappa shape index (κ2) is 7.78. The van der Waals surface area contributed by atoms with E-state index in [-0.39, 0.29) is 17.5 Å². The number of aromatic amines is 1. The van der Waals surface area contributed by atoms with Gasteiger partial charge >= 0.3 is 0 Å². The predicted molar refractivity (Wildman–Crippen MR) is 98.3 cm³/mol. The summed E-state index contributed by atoms with van der Waals surface area (Å²) in [5, 5.41) is 3.73. The summed E-state index contributed by atoms with van der Waals surface area (Å²) < 4.78 is 0. The Balaban J connectivity index is 1.65. The highest BCUT2D eigenvalue weighted by Gasteiger charge is 2.22. The number of aromatic nitrogens is 2. The molecule has 2 N–H and O–H groups in total. The van der Waals surface area contributed by atoms with E-state index in [9.17, 15) is 9.59 Å². The molecule has 1 heterocycles. The lowest BCUT2D eigenvalue weighted by Crippen LogP contribution is -2.47. The zero-order valence-corrected chi connectivity index (χ0v) is 14.9. The molecule has 3 rings (SSSR count). The molecule has 0 saturated heterocycles. The number of rotatable bonds is 5. The molecule has 2 aromatic rings. The van der Waals surface area contributed by atoms with Gasteiger partial charge in [0.05, 0.1) is 23.5 Å². The van der Waals surface area contributed by atoms with Gasteiger partial charge in [-0.25, -0.2) is 4.98 Å². The maximum Gasteiger partial charge on any atom is 0.258 e. The normalized spacial score (nSPS) is 16.9. The van der Waals surface area contributed by atoms with Crippen LogP contribution >= 0.6 is 0 Å². The van der Waals surface area contributed by atoms with E-state index in [0.717, 1.165) is 12.8 Å². The van der Waals surface area contributed by atoms with Gasteiger partial charge < -0.3 is 10.3 Å². The Labute approximate surface area is 147 Å². The maximum atomic E-state index is 12.5. The van der Waals surface area contributed by atoms with Crippen molar-refractivity contribution in [2.24, 2.45) is 0 Å². The fourth-order valence-electron chi connectivity index (χ4n) is 3.35. The molecule has 0 bridgehead atoms. The van der Waals surface area contributed by atoms with Crippen molar-refractivity contribution in [3.63, 3.8) is 0 Å². The summed E-state index contributed by atoms with van der Waals surface area (Å²) in [4.78, 5) is 33.9. The molecule has 0 aliphatic heterocycles. The number of amides is 1. The van der Waals surface area contributed by atoms with Crippen LogP contribution in [0.5, 0.6) is 0 Å². The number of nitrogens with zero attached hydrogens (tertiary/aromatic N) is 2. The van der Waals surface area contributed by atoms with Crippen LogP contribution in [0.15, 0.2) is 29.1 Å². The van der Waals surface area contributed by atoms with Crippen molar-refractivity contribution in [2.75, 3.05) is 7.05 Å². The van der Waals surface area contributed by atoms with Gasteiger partial charge in [-0.2, -0.15) is 0 Å². The third kappa shape index (κ3) is 4.25. The third-order valence-electron chi connectivity index (χ3n) is 5.05. The lowest BCUT2D eigenvalue weighted by Gasteiger charge is -2.28. The van der Waals surface area contributed by atoms with E-state index in [1.165, 1.54) is 19.3 Å².